The maximum absolute atomic E-state index is 10.9. The van der Waals surface area contributed by atoms with E-state index >= 15 is 0 Å². The molecule has 2 aliphatic carbocycles. The SMILES string of the molecule is O=c1ccc(C2CC3CCC2C3)n[nH]1. The van der Waals surface area contributed by atoms with E-state index < -0.39 is 0 Å². The predicted octanol–water partition coefficient (Wildman–Crippen LogP) is 1.67. The van der Waals surface area contributed by atoms with Gasteiger partial charge in [-0.3, -0.25) is 4.79 Å². The van der Waals surface area contributed by atoms with E-state index in [-0.39, 0.29) is 5.56 Å². The zero-order chi connectivity index (χ0) is 9.54. The van der Waals surface area contributed by atoms with E-state index in [2.05, 4.69) is 10.2 Å². The maximum atomic E-state index is 10.9. The first-order chi connectivity index (χ1) is 6.83. The van der Waals surface area contributed by atoms with E-state index in [1.54, 1.807) is 6.07 Å². The van der Waals surface area contributed by atoms with Gasteiger partial charge in [-0.25, -0.2) is 5.10 Å². The summed E-state index contributed by atoms with van der Waals surface area (Å²) in [6, 6.07) is 3.48. The monoisotopic (exact) mass is 190 g/mol. The van der Waals surface area contributed by atoms with Gasteiger partial charge in [-0.05, 0) is 37.2 Å². The molecule has 1 N–H and O–H groups in total. The van der Waals surface area contributed by atoms with E-state index in [4.69, 9.17) is 0 Å². The molecule has 1 heterocycles. The lowest BCUT2D eigenvalue weighted by atomic mass is 9.86. The normalized spacial score (nSPS) is 35.0. The molecule has 74 valence electrons. The van der Waals surface area contributed by atoms with Crippen molar-refractivity contribution in [3.05, 3.63) is 28.2 Å². The maximum Gasteiger partial charge on any atom is 0.264 e. The van der Waals surface area contributed by atoms with Crippen molar-refractivity contribution in [3.8, 4) is 0 Å². The van der Waals surface area contributed by atoms with Crippen molar-refractivity contribution in [1.29, 1.82) is 0 Å². The molecule has 2 bridgehead atoms. The Morgan fingerprint density at radius 3 is 2.79 bits per heavy atom. The van der Waals surface area contributed by atoms with Gasteiger partial charge >= 0.3 is 0 Å². The summed E-state index contributed by atoms with van der Waals surface area (Å²) in [5, 5.41) is 6.67. The van der Waals surface area contributed by atoms with Gasteiger partial charge in [-0.2, -0.15) is 5.10 Å². The summed E-state index contributed by atoms with van der Waals surface area (Å²) in [5.41, 5.74) is 0.994. The van der Waals surface area contributed by atoms with Crippen molar-refractivity contribution in [3.63, 3.8) is 0 Å². The third kappa shape index (κ3) is 1.19. The Hall–Kier alpha value is -1.12. The van der Waals surface area contributed by atoms with Gasteiger partial charge in [0.2, 0.25) is 0 Å². The van der Waals surface area contributed by atoms with Crippen molar-refractivity contribution >= 4 is 0 Å². The lowest BCUT2D eigenvalue weighted by Gasteiger charge is -2.20. The number of nitrogens with one attached hydrogen (secondary N) is 1. The van der Waals surface area contributed by atoms with Gasteiger partial charge in [0.1, 0.15) is 0 Å². The lowest BCUT2D eigenvalue weighted by Crippen LogP contribution is -2.14. The third-order valence-corrected chi connectivity index (χ3v) is 3.82. The molecule has 0 spiro atoms. The van der Waals surface area contributed by atoms with Gasteiger partial charge in [0, 0.05) is 12.0 Å². The van der Waals surface area contributed by atoms with Crippen LogP contribution in [0.3, 0.4) is 0 Å². The average Bonchev–Trinajstić information content (AvgIpc) is 2.80. The molecule has 2 saturated carbocycles. The first-order valence-electron chi connectivity index (χ1n) is 5.38. The van der Waals surface area contributed by atoms with E-state index in [0.717, 1.165) is 17.5 Å². The minimum atomic E-state index is -0.100. The zero-order valence-corrected chi connectivity index (χ0v) is 8.07. The van der Waals surface area contributed by atoms with Crippen molar-refractivity contribution in [2.24, 2.45) is 11.8 Å². The van der Waals surface area contributed by atoms with Crippen LogP contribution in [-0.4, -0.2) is 10.2 Å². The van der Waals surface area contributed by atoms with Gasteiger partial charge in [-0.1, -0.05) is 6.42 Å². The number of hydrogen-bond donors (Lipinski definition) is 1. The first kappa shape index (κ1) is 8.21. The smallest absolute Gasteiger partial charge is 0.264 e. The molecule has 0 amide bonds. The highest BCUT2D eigenvalue weighted by atomic mass is 16.1. The summed E-state index contributed by atoms with van der Waals surface area (Å²) in [6.07, 6.45) is 5.43. The second-order valence-corrected chi connectivity index (χ2v) is 4.63. The van der Waals surface area contributed by atoms with Crippen molar-refractivity contribution in [2.75, 3.05) is 0 Å². The molecule has 2 aliphatic rings. The van der Waals surface area contributed by atoms with Crippen LogP contribution < -0.4 is 5.56 Å². The Morgan fingerprint density at radius 1 is 1.29 bits per heavy atom. The summed E-state index contributed by atoms with van der Waals surface area (Å²) in [6.45, 7) is 0. The highest BCUT2D eigenvalue weighted by molar-refractivity contribution is 5.12. The Labute approximate surface area is 82.5 Å². The van der Waals surface area contributed by atoms with E-state index in [1.807, 2.05) is 6.07 Å². The second-order valence-electron chi connectivity index (χ2n) is 4.63. The molecule has 0 aromatic carbocycles. The van der Waals surface area contributed by atoms with Crippen LogP contribution in [0.2, 0.25) is 0 Å². The van der Waals surface area contributed by atoms with Crippen LogP contribution in [0.5, 0.6) is 0 Å². The molecule has 3 atom stereocenters. The molecule has 14 heavy (non-hydrogen) atoms. The van der Waals surface area contributed by atoms with Gasteiger partial charge in [0.05, 0.1) is 5.69 Å². The summed E-state index contributed by atoms with van der Waals surface area (Å²) < 4.78 is 0. The van der Waals surface area contributed by atoms with E-state index in [9.17, 15) is 4.79 Å². The van der Waals surface area contributed by atoms with Crippen LogP contribution >= 0.6 is 0 Å². The van der Waals surface area contributed by atoms with Gasteiger partial charge in [0.25, 0.3) is 5.56 Å². The van der Waals surface area contributed by atoms with E-state index in [0.29, 0.717) is 5.92 Å². The van der Waals surface area contributed by atoms with Gasteiger partial charge < -0.3 is 0 Å². The van der Waals surface area contributed by atoms with Crippen LogP contribution in [0.15, 0.2) is 16.9 Å². The molecule has 1 aromatic heterocycles. The molecule has 0 radical (unpaired) electrons. The highest BCUT2D eigenvalue weighted by Gasteiger charge is 2.40. The molecular weight excluding hydrogens is 176 g/mol. The summed E-state index contributed by atoms with van der Waals surface area (Å²) in [7, 11) is 0. The molecule has 3 unspecified atom stereocenters. The quantitative estimate of drug-likeness (QED) is 0.732. The highest BCUT2D eigenvalue weighted by Crippen LogP contribution is 2.52. The van der Waals surface area contributed by atoms with Crippen LogP contribution in [0.4, 0.5) is 0 Å². The topological polar surface area (TPSA) is 45.8 Å². The van der Waals surface area contributed by atoms with Gasteiger partial charge in [-0.15, -0.1) is 0 Å². The Kier molecular flexibility index (Phi) is 1.72. The fourth-order valence-corrected chi connectivity index (χ4v) is 3.17. The van der Waals surface area contributed by atoms with Gasteiger partial charge in [0.15, 0.2) is 0 Å². The summed E-state index contributed by atoms with van der Waals surface area (Å²) in [4.78, 5) is 10.9. The van der Waals surface area contributed by atoms with Crippen molar-refractivity contribution < 1.29 is 0 Å². The number of nitrogens with zero attached hydrogens (tertiary/aromatic N) is 1. The lowest BCUT2D eigenvalue weighted by molar-refractivity contribution is 0.410. The minimum absolute atomic E-state index is 0.100. The summed E-state index contributed by atoms with van der Waals surface area (Å²) >= 11 is 0. The number of fused-ring (bicyclic) bond motifs is 2. The van der Waals surface area contributed by atoms with E-state index in [1.165, 1.54) is 25.7 Å². The molecule has 3 nitrogen and oxygen atoms in total. The Morgan fingerprint density at radius 2 is 2.21 bits per heavy atom. The number of H-pyrrole nitrogens is 1. The molecule has 3 rings (SSSR count). The molecule has 1 aromatic rings. The number of rotatable bonds is 1. The van der Waals surface area contributed by atoms with Crippen molar-refractivity contribution in [1.82, 2.24) is 10.2 Å². The zero-order valence-electron chi connectivity index (χ0n) is 8.07. The van der Waals surface area contributed by atoms with Crippen LogP contribution in [0.1, 0.15) is 37.3 Å². The third-order valence-electron chi connectivity index (χ3n) is 3.82. The Balaban J connectivity index is 1.89. The average molecular weight is 190 g/mol. The van der Waals surface area contributed by atoms with Crippen molar-refractivity contribution in [2.45, 2.75) is 31.6 Å². The Bertz CT molecular complexity index is 378. The number of aromatic amines is 1. The molecule has 3 heteroatoms. The number of hydrogen-bond acceptors (Lipinski definition) is 2. The van der Waals surface area contributed by atoms with Crippen LogP contribution in [0.25, 0.3) is 0 Å². The number of aromatic nitrogens is 2. The second kappa shape index (κ2) is 2.94. The summed E-state index contributed by atoms with van der Waals surface area (Å²) in [5.74, 6) is 2.38. The standard InChI is InChI=1S/C11H14N2O/c14-11-4-3-10(12-13-11)9-6-7-1-2-8(9)5-7/h3-4,7-9H,1-2,5-6H2,(H,13,14). The van der Waals surface area contributed by atoms with Crippen LogP contribution in [0, 0.1) is 11.8 Å². The van der Waals surface area contributed by atoms with Crippen LogP contribution in [-0.2, 0) is 0 Å². The molecule has 2 fully saturated rings. The predicted molar refractivity (Wildman–Crippen MR) is 53.0 cm³/mol. The fourth-order valence-electron chi connectivity index (χ4n) is 3.17. The minimum Gasteiger partial charge on any atom is -0.268 e. The fraction of sp³-hybridized carbons (Fsp3) is 0.636. The first-order valence-corrected chi connectivity index (χ1v) is 5.38. The largest absolute Gasteiger partial charge is 0.268 e. The molecule has 0 aliphatic heterocycles. The molecular formula is C11H14N2O. The molecule has 0 saturated heterocycles.